The van der Waals surface area contributed by atoms with Gasteiger partial charge in [0.05, 0.1) is 31.0 Å². The predicted octanol–water partition coefficient (Wildman–Crippen LogP) is 5.16. The van der Waals surface area contributed by atoms with Gasteiger partial charge in [-0.05, 0) is 61.4 Å². The number of ether oxygens (including phenoxy) is 2. The van der Waals surface area contributed by atoms with Gasteiger partial charge >= 0.3 is 0 Å². The van der Waals surface area contributed by atoms with Crippen LogP contribution in [-0.2, 0) is 6.54 Å². The molecule has 0 aliphatic heterocycles. The molecule has 138 valence electrons. The Kier molecular flexibility index (Phi) is 5.10. The Hall–Kier alpha value is -3.21. The molecule has 0 radical (unpaired) electrons. The lowest BCUT2D eigenvalue weighted by molar-refractivity contribution is 0.303. The third-order valence-corrected chi connectivity index (χ3v) is 4.50. The van der Waals surface area contributed by atoms with E-state index < -0.39 is 0 Å². The monoisotopic (exact) mass is 362 g/mol. The van der Waals surface area contributed by atoms with Crippen LogP contribution < -0.4 is 9.47 Å². The highest BCUT2D eigenvalue weighted by Crippen LogP contribution is 2.25. The van der Waals surface area contributed by atoms with E-state index in [1.807, 2.05) is 54.6 Å². The number of unbranched alkanes of at least 4 members (excludes halogenated alkanes) is 1. The number of aromatic nitrogens is 2. The summed E-state index contributed by atoms with van der Waals surface area (Å²) in [5.74, 6) is 3.36. The molecule has 0 saturated carbocycles. The van der Waals surface area contributed by atoms with Gasteiger partial charge in [-0.2, -0.15) is 0 Å². The van der Waals surface area contributed by atoms with Gasteiger partial charge < -0.3 is 18.5 Å². The fourth-order valence-corrected chi connectivity index (χ4v) is 3.13. The summed E-state index contributed by atoms with van der Waals surface area (Å²) < 4.78 is 18.8. The lowest BCUT2D eigenvalue weighted by atomic mass is 10.3. The first-order chi connectivity index (χ1) is 13.3. The van der Waals surface area contributed by atoms with Crippen LogP contribution in [0.3, 0.4) is 0 Å². The van der Waals surface area contributed by atoms with E-state index in [1.54, 1.807) is 13.4 Å². The largest absolute Gasteiger partial charge is 0.497 e. The molecule has 0 N–H and O–H groups in total. The molecule has 0 saturated heterocycles. The molecule has 4 aromatic rings. The van der Waals surface area contributed by atoms with E-state index in [4.69, 9.17) is 18.9 Å². The average molecular weight is 362 g/mol. The van der Waals surface area contributed by atoms with Gasteiger partial charge in [0, 0.05) is 6.54 Å². The Labute approximate surface area is 158 Å². The van der Waals surface area contributed by atoms with Gasteiger partial charge in [0.15, 0.2) is 11.6 Å². The Morgan fingerprint density at radius 3 is 2.52 bits per heavy atom. The van der Waals surface area contributed by atoms with Crippen molar-refractivity contribution in [2.45, 2.75) is 19.4 Å². The molecule has 0 amide bonds. The quantitative estimate of drug-likeness (QED) is 0.406. The van der Waals surface area contributed by atoms with E-state index in [-0.39, 0.29) is 0 Å². The molecule has 0 atom stereocenters. The van der Waals surface area contributed by atoms with E-state index in [9.17, 15) is 0 Å². The highest BCUT2D eigenvalue weighted by atomic mass is 16.5. The second-order valence-corrected chi connectivity index (χ2v) is 6.28. The standard InChI is InChI=1S/C22H22N2O3/c1-25-17-10-12-18(13-11-17)26-15-5-4-14-24-20-8-3-2-7-19(20)23-22(24)21-9-6-16-27-21/h2-3,6-13,16H,4-5,14-15H2,1H3. The lowest BCUT2D eigenvalue weighted by Gasteiger charge is -2.09. The number of fused-ring (bicyclic) bond motifs is 1. The first-order valence-corrected chi connectivity index (χ1v) is 9.11. The summed E-state index contributed by atoms with van der Waals surface area (Å²) in [5, 5.41) is 0. The minimum atomic E-state index is 0.676. The predicted molar refractivity (Wildman–Crippen MR) is 105 cm³/mol. The summed E-state index contributed by atoms with van der Waals surface area (Å²) in [6, 6.07) is 19.7. The Balaban J connectivity index is 1.39. The molecule has 0 bridgehead atoms. The van der Waals surface area contributed by atoms with Crippen LogP contribution in [0.4, 0.5) is 0 Å². The normalized spacial score (nSPS) is 11.0. The van der Waals surface area contributed by atoms with E-state index in [1.165, 1.54) is 0 Å². The lowest BCUT2D eigenvalue weighted by Crippen LogP contribution is -2.03. The van der Waals surface area contributed by atoms with Crippen LogP contribution in [0.1, 0.15) is 12.8 Å². The summed E-state index contributed by atoms with van der Waals surface area (Å²) in [5.41, 5.74) is 2.11. The summed E-state index contributed by atoms with van der Waals surface area (Å²) in [7, 11) is 1.66. The van der Waals surface area contributed by atoms with Gasteiger partial charge in [-0.3, -0.25) is 0 Å². The summed E-state index contributed by atoms with van der Waals surface area (Å²) >= 11 is 0. The van der Waals surface area contributed by atoms with Crippen LogP contribution in [0.15, 0.2) is 71.3 Å². The van der Waals surface area contributed by atoms with E-state index in [2.05, 4.69) is 10.6 Å². The number of para-hydroxylation sites is 2. The maximum atomic E-state index is 5.82. The number of rotatable bonds is 8. The zero-order valence-electron chi connectivity index (χ0n) is 15.3. The zero-order valence-corrected chi connectivity index (χ0v) is 15.3. The number of methoxy groups -OCH3 is 1. The van der Waals surface area contributed by atoms with Crippen LogP contribution in [0.5, 0.6) is 11.5 Å². The van der Waals surface area contributed by atoms with Crippen molar-refractivity contribution in [1.82, 2.24) is 9.55 Å². The van der Waals surface area contributed by atoms with Crippen LogP contribution in [0, 0.1) is 0 Å². The maximum Gasteiger partial charge on any atom is 0.177 e. The molecule has 0 aliphatic carbocycles. The van der Waals surface area contributed by atoms with E-state index >= 15 is 0 Å². The average Bonchev–Trinajstić information content (AvgIpc) is 3.36. The summed E-state index contributed by atoms with van der Waals surface area (Å²) in [6.45, 7) is 1.54. The van der Waals surface area contributed by atoms with Crippen molar-refractivity contribution in [3.8, 4) is 23.1 Å². The summed E-state index contributed by atoms with van der Waals surface area (Å²) in [6.07, 6.45) is 3.63. The van der Waals surface area contributed by atoms with Crippen molar-refractivity contribution >= 4 is 11.0 Å². The first-order valence-electron chi connectivity index (χ1n) is 9.11. The molecule has 0 spiro atoms. The molecule has 4 rings (SSSR count). The van der Waals surface area contributed by atoms with Gasteiger partial charge in [-0.15, -0.1) is 0 Å². The molecular weight excluding hydrogens is 340 g/mol. The van der Waals surface area contributed by atoms with Crippen LogP contribution in [0.25, 0.3) is 22.6 Å². The second-order valence-electron chi connectivity index (χ2n) is 6.28. The fourth-order valence-electron chi connectivity index (χ4n) is 3.13. The molecule has 27 heavy (non-hydrogen) atoms. The van der Waals surface area contributed by atoms with Crippen molar-refractivity contribution in [3.05, 3.63) is 66.9 Å². The molecule has 2 aromatic carbocycles. The van der Waals surface area contributed by atoms with Crippen LogP contribution in [-0.4, -0.2) is 23.3 Å². The van der Waals surface area contributed by atoms with Crippen molar-refractivity contribution in [2.24, 2.45) is 0 Å². The Morgan fingerprint density at radius 1 is 0.926 bits per heavy atom. The smallest absolute Gasteiger partial charge is 0.177 e. The van der Waals surface area contributed by atoms with E-state index in [0.717, 1.165) is 53.5 Å². The van der Waals surface area contributed by atoms with Gasteiger partial charge in [-0.25, -0.2) is 4.98 Å². The molecular formula is C22H22N2O3. The molecule has 2 aromatic heterocycles. The molecule has 0 unspecified atom stereocenters. The fraction of sp³-hybridized carbons (Fsp3) is 0.227. The third-order valence-electron chi connectivity index (χ3n) is 4.50. The van der Waals surface area contributed by atoms with Gasteiger partial charge in [0.2, 0.25) is 0 Å². The molecule has 5 heteroatoms. The molecule has 5 nitrogen and oxygen atoms in total. The summed E-state index contributed by atoms with van der Waals surface area (Å²) in [4.78, 5) is 4.74. The molecule has 0 aliphatic rings. The van der Waals surface area contributed by atoms with Crippen molar-refractivity contribution in [3.63, 3.8) is 0 Å². The molecule has 0 fully saturated rings. The number of furan rings is 1. The highest BCUT2D eigenvalue weighted by molar-refractivity contribution is 5.79. The van der Waals surface area contributed by atoms with Crippen molar-refractivity contribution in [2.75, 3.05) is 13.7 Å². The number of hydrogen-bond acceptors (Lipinski definition) is 4. The second kappa shape index (κ2) is 7.99. The third kappa shape index (κ3) is 3.82. The highest BCUT2D eigenvalue weighted by Gasteiger charge is 2.13. The number of imidazole rings is 1. The van der Waals surface area contributed by atoms with E-state index in [0.29, 0.717) is 6.61 Å². The molecule has 2 heterocycles. The Morgan fingerprint density at radius 2 is 1.74 bits per heavy atom. The van der Waals surface area contributed by atoms with Crippen LogP contribution in [0.2, 0.25) is 0 Å². The van der Waals surface area contributed by atoms with Crippen LogP contribution >= 0.6 is 0 Å². The van der Waals surface area contributed by atoms with Gasteiger partial charge in [0.1, 0.15) is 11.5 Å². The maximum absolute atomic E-state index is 5.82. The van der Waals surface area contributed by atoms with Gasteiger partial charge in [-0.1, -0.05) is 12.1 Å². The zero-order chi connectivity index (χ0) is 18.5. The first kappa shape index (κ1) is 17.2. The Bertz CT molecular complexity index is 988. The number of aryl methyl sites for hydroxylation is 1. The minimum absolute atomic E-state index is 0.676. The minimum Gasteiger partial charge on any atom is -0.497 e. The van der Waals surface area contributed by atoms with Crippen molar-refractivity contribution in [1.29, 1.82) is 0 Å². The topological polar surface area (TPSA) is 49.4 Å². The van der Waals surface area contributed by atoms with Gasteiger partial charge in [0.25, 0.3) is 0 Å². The van der Waals surface area contributed by atoms with Crippen molar-refractivity contribution < 1.29 is 13.9 Å². The number of nitrogens with zero attached hydrogens (tertiary/aromatic N) is 2. The number of hydrogen-bond donors (Lipinski definition) is 0. The SMILES string of the molecule is COc1ccc(OCCCCn2c(-c3ccco3)nc3ccccc32)cc1. The number of benzene rings is 2.